The van der Waals surface area contributed by atoms with Crippen molar-refractivity contribution in [1.82, 2.24) is 19.5 Å². The molecule has 5 heteroatoms. The molecule has 0 saturated carbocycles. The number of nitrogens with zero attached hydrogens (tertiary/aromatic N) is 5. The van der Waals surface area contributed by atoms with E-state index in [0.717, 1.165) is 22.2 Å². The van der Waals surface area contributed by atoms with Crippen molar-refractivity contribution >= 4 is 21.8 Å². The fourth-order valence-electron chi connectivity index (χ4n) is 8.97. The van der Waals surface area contributed by atoms with E-state index in [-0.39, 0.29) is 10.8 Å². The van der Waals surface area contributed by atoms with Gasteiger partial charge in [0.15, 0.2) is 11.6 Å². The van der Waals surface area contributed by atoms with Crippen LogP contribution in [0.1, 0.15) is 55.5 Å². The largest absolute Gasteiger partial charge is 0.277 e. The van der Waals surface area contributed by atoms with Gasteiger partial charge in [-0.15, -0.1) is 0 Å². The molecule has 0 spiro atoms. The summed E-state index contributed by atoms with van der Waals surface area (Å²) < 4.78 is 2.30. The Morgan fingerprint density at radius 2 is 1.10 bits per heavy atom. The van der Waals surface area contributed by atoms with E-state index in [9.17, 15) is 5.26 Å². The first-order valence-corrected chi connectivity index (χ1v) is 17.5. The average Bonchev–Trinajstić information content (AvgIpc) is 3.72. The van der Waals surface area contributed by atoms with Crippen molar-refractivity contribution in [2.75, 3.05) is 0 Å². The molecule has 0 N–H and O–H groups in total. The molecule has 0 atom stereocenters. The van der Waals surface area contributed by atoms with Gasteiger partial charge in [0.25, 0.3) is 0 Å². The molecule has 2 aromatic heterocycles. The first-order chi connectivity index (χ1) is 24.8. The van der Waals surface area contributed by atoms with Crippen LogP contribution in [0, 0.1) is 11.3 Å². The lowest BCUT2D eigenvalue weighted by Gasteiger charge is -2.28. The summed E-state index contributed by atoms with van der Waals surface area (Å²) in [6, 6.07) is 46.4. The van der Waals surface area contributed by atoms with E-state index in [1.165, 1.54) is 55.3 Å². The van der Waals surface area contributed by atoms with Gasteiger partial charge in [0.05, 0.1) is 22.7 Å². The molecule has 8 aromatic rings. The molecule has 0 bridgehead atoms. The summed E-state index contributed by atoms with van der Waals surface area (Å²) in [6.45, 7) is 9.51. The van der Waals surface area contributed by atoms with E-state index >= 15 is 0 Å². The van der Waals surface area contributed by atoms with Crippen molar-refractivity contribution in [2.24, 2.45) is 0 Å². The second kappa shape index (κ2) is 10.3. The Balaban J connectivity index is 1.41. The summed E-state index contributed by atoms with van der Waals surface area (Å²) in [4.78, 5) is 15.6. The second-order valence-electron chi connectivity index (χ2n) is 14.8. The Labute approximate surface area is 296 Å². The van der Waals surface area contributed by atoms with Crippen LogP contribution >= 0.6 is 0 Å². The van der Waals surface area contributed by atoms with Crippen molar-refractivity contribution in [3.63, 3.8) is 0 Å². The Kier molecular flexibility index (Phi) is 5.98. The molecule has 5 nitrogen and oxygen atoms in total. The molecule has 0 unspecified atom stereocenters. The van der Waals surface area contributed by atoms with E-state index < -0.39 is 0 Å². The first-order valence-electron chi connectivity index (χ1n) is 17.5. The maximum Gasteiger partial charge on any atom is 0.238 e. The van der Waals surface area contributed by atoms with Gasteiger partial charge in [-0.3, -0.25) is 4.57 Å². The van der Waals surface area contributed by atoms with Crippen LogP contribution in [0.2, 0.25) is 0 Å². The highest BCUT2D eigenvalue weighted by Crippen LogP contribution is 2.63. The van der Waals surface area contributed by atoms with E-state index in [4.69, 9.17) is 15.0 Å². The topological polar surface area (TPSA) is 67.4 Å². The minimum atomic E-state index is -0.304. The normalized spacial score (nSPS) is 14.6. The molecular formula is C46H33N5. The summed E-state index contributed by atoms with van der Waals surface area (Å²) in [6.07, 6.45) is 0. The molecule has 0 amide bonds. The SMILES string of the molecule is CC1(C)c2ccccc2-c2c1c1c(c3c2c2ccccc2n3-c2nc(-c3ccccc3)nc(-c3ccc(C#N)cc3)n2)C(C)(C)c2ccccc2-1. The van der Waals surface area contributed by atoms with E-state index in [1.807, 2.05) is 54.6 Å². The summed E-state index contributed by atoms with van der Waals surface area (Å²) in [5, 5.41) is 11.9. The van der Waals surface area contributed by atoms with Crippen LogP contribution in [0.15, 0.2) is 127 Å². The number of nitriles is 1. The maximum atomic E-state index is 9.51. The van der Waals surface area contributed by atoms with Gasteiger partial charge in [-0.1, -0.05) is 125 Å². The summed E-state index contributed by atoms with van der Waals surface area (Å²) >= 11 is 0. The van der Waals surface area contributed by atoms with Gasteiger partial charge in [-0.05, 0) is 74.8 Å². The fraction of sp³-hybridized carbons (Fsp3) is 0.130. The number of aromatic nitrogens is 4. The monoisotopic (exact) mass is 655 g/mol. The number of hydrogen-bond donors (Lipinski definition) is 0. The van der Waals surface area contributed by atoms with Crippen molar-refractivity contribution in [3.05, 3.63) is 155 Å². The van der Waals surface area contributed by atoms with Crippen LogP contribution in [0.5, 0.6) is 0 Å². The molecule has 0 aliphatic heterocycles. The zero-order chi connectivity index (χ0) is 34.6. The molecule has 6 aromatic carbocycles. The molecular weight excluding hydrogens is 623 g/mol. The van der Waals surface area contributed by atoms with Gasteiger partial charge in [-0.25, -0.2) is 4.98 Å². The van der Waals surface area contributed by atoms with Crippen LogP contribution < -0.4 is 0 Å². The first kappa shape index (κ1) is 29.5. The number of para-hydroxylation sites is 1. The Morgan fingerprint density at radius 1 is 0.549 bits per heavy atom. The Bertz CT molecular complexity index is 2800. The minimum absolute atomic E-state index is 0.211. The molecule has 51 heavy (non-hydrogen) atoms. The molecule has 0 radical (unpaired) electrons. The van der Waals surface area contributed by atoms with Crippen LogP contribution in [0.25, 0.3) is 72.8 Å². The van der Waals surface area contributed by atoms with Gasteiger partial charge >= 0.3 is 0 Å². The standard InChI is InChI=1S/C46H33N5/c1-45(2)33-19-11-8-16-30(33)36-37-32-18-10-13-21-35(32)51(41(37)40-38(39(36)45)31-17-9-12-20-34(31)46(40,3)4)44-49-42(28-14-6-5-7-15-28)48-43(50-44)29-24-22-27(26-47)23-25-29/h5-25H,1-4H3. The predicted octanol–water partition coefficient (Wildman–Crippen LogP) is 10.8. The van der Waals surface area contributed by atoms with Gasteiger partial charge in [0, 0.05) is 32.7 Å². The summed E-state index contributed by atoms with van der Waals surface area (Å²) in [5.74, 6) is 1.72. The van der Waals surface area contributed by atoms with Gasteiger partial charge in [-0.2, -0.15) is 15.2 Å². The van der Waals surface area contributed by atoms with E-state index in [1.54, 1.807) is 0 Å². The van der Waals surface area contributed by atoms with Gasteiger partial charge in [0.1, 0.15) is 0 Å². The number of hydrogen-bond acceptors (Lipinski definition) is 4. The van der Waals surface area contributed by atoms with Gasteiger partial charge in [0.2, 0.25) is 5.95 Å². The van der Waals surface area contributed by atoms with E-state index in [2.05, 4.69) is 111 Å². The Morgan fingerprint density at radius 3 is 1.76 bits per heavy atom. The van der Waals surface area contributed by atoms with Crippen molar-refractivity contribution in [1.29, 1.82) is 5.26 Å². The smallest absolute Gasteiger partial charge is 0.238 e. The minimum Gasteiger partial charge on any atom is -0.277 e. The number of fused-ring (bicyclic) bond motifs is 12. The predicted molar refractivity (Wildman–Crippen MR) is 205 cm³/mol. The lowest BCUT2D eigenvalue weighted by Crippen LogP contribution is -2.20. The average molecular weight is 656 g/mol. The van der Waals surface area contributed by atoms with Gasteiger partial charge < -0.3 is 0 Å². The third-order valence-corrected chi connectivity index (χ3v) is 11.2. The quantitative estimate of drug-likeness (QED) is 0.190. The molecule has 242 valence electrons. The van der Waals surface area contributed by atoms with Crippen LogP contribution in [0.4, 0.5) is 0 Å². The Hall–Kier alpha value is -6.38. The van der Waals surface area contributed by atoms with Crippen LogP contribution in [0.3, 0.4) is 0 Å². The molecule has 2 heterocycles. The molecule has 10 rings (SSSR count). The fourth-order valence-corrected chi connectivity index (χ4v) is 8.97. The highest BCUT2D eigenvalue weighted by atomic mass is 15.2. The zero-order valence-corrected chi connectivity index (χ0v) is 28.9. The summed E-state index contributed by atoms with van der Waals surface area (Å²) in [7, 11) is 0. The molecule has 2 aliphatic carbocycles. The van der Waals surface area contributed by atoms with E-state index in [0.29, 0.717) is 23.2 Å². The highest BCUT2D eigenvalue weighted by molar-refractivity contribution is 6.22. The molecule has 2 aliphatic rings. The third kappa shape index (κ3) is 3.93. The second-order valence-corrected chi connectivity index (χ2v) is 14.8. The third-order valence-electron chi connectivity index (χ3n) is 11.2. The highest BCUT2D eigenvalue weighted by Gasteiger charge is 2.47. The molecule has 0 saturated heterocycles. The lowest BCUT2D eigenvalue weighted by atomic mass is 9.76. The lowest BCUT2D eigenvalue weighted by molar-refractivity contribution is 0.650. The zero-order valence-electron chi connectivity index (χ0n) is 28.9. The van der Waals surface area contributed by atoms with Crippen LogP contribution in [-0.2, 0) is 10.8 Å². The van der Waals surface area contributed by atoms with Crippen molar-refractivity contribution < 1.29 is 0 Å². The number of benzene rings is 6. The summed E-state index contributed by atoms with van der Waals surface area (Å²) in [5.41, 5.74) is 14.6. The maximum absolute atomic E-state index is 9.51. The van der Waals surface area contributed by atoms with Crippen molar-refractivity contribution in [2.45, 2.75) is 38.5 Å². The van der Waals surface area contributed by atoms with Crippen molar-refractivity contribution in [3.8, 4) is 57.0 Å². The van der Waals surface area contributed by atoms with Crippen LogP contribution in [-0.4, -0.2) is 19.5 Å². The number of rotatable bonds is 3. The molecule has 0 fully saturated rings.